The highest BCUT2D eigenvalue weighted by Crippen LogP contribution is 2.23. The van der Waals surface area contributed by atoms with E-state index in [1.807, 2.05) is 30.3 Å². The van der Waals surface area contributed by atoms with Crippen molar-refractivity contribution in [2.45, 2.75) is 6.61 Å². The maximum absolute atomic E-state index is 12.6. The largest absolute Gasteiger partial charge is 0.496 e. The summed E-state index contributed by atoms with van der Waals surface area (Å²) in [5.74, 6) is 0.919. The summed E-state index contributed by atoms with van der Waals surface area (Å²) in [6.45, 7) is 0.227. The summed E-state index contributed by atoms with van der Waals surface area (Å²) in [5, 5.41) is 13.5. The first-order valence-corrected chi connectivity index (χ1v) is 8.47. The molecule has 0 atom stereocenters. The van der Waals surface area contributed by atoms with Gasteiger partial charge in [-0.15, -0.1) is 0 Å². The number of hydrogen-bond acceptors (Lipinski definition) is 5. The number of ether oxygens (including phenoxy) is 2. The second-order valence-electron chi connectivity index (χ2n) is 5.89. The third-order valence-corrected chi connectivity index (χ3v) is 3.99. The maximum Gasteiger partial charge on any atom is 0.271 e. The second-order valence-corrected chi connectivity index (χ2v) is 5.89. The molecule has 3 aromatic carbocycles. The number of nitrogens with one attached hydrogen (secondary N) is 1. The molecule has 7 heteroatoms. The second kappa shape index (κ2) is 8.68. The molecule has 0 bridgehead atoms. The van der Waals surface area contributed by atoms with E-state index in [1.54, 1.807) is 31.4 Å². The Labute approximate surface area is 161 Å². The van der Waals surface area contributed by atoms with Gasteiger partial charge < -0.3 is 14.8 Å². The number of amides is 1. The van der Waals surface area contributed by atoms with Crippen molar-refractivity contribution in [3.05, 3.63) is 94.0 Å². The predicted octanol–water partition coefficient (Wildman–Crippen LogP) is 4.43. The third kappa shape index (κ3) is 4.64. The van der Waals surface area contributed by atoms with Crippen LogP contribution in [0.4, 0.5) is 11.4 Å². The quantitative estimate of drug-likeness (QED) is 0.485. The number of methoxy groups -OCH3 is 1. The molecule has 142 valence electrons. The van der Waals surface area contributed by atoms with E-state index in [0.717, 1.165) is 0 Å². The number of carbonyl (C=O) groups excluding carboxylic acids is 1. The zero-order valence-corrected chi connectivity index (χ0v) is 15.1. The molecule has 0 fully saturated rings. The van der Waals surface area contributed by atoms with Crippen molar-refractivity contribution in [3.8, 4) is 11.5 Å². The zero-order chi connectivity index (χ0) is 19.9. The number of benzene rings is 3. The monoisotopic (exact) mass is 378 g/mol. The lowest BCUT2D eigenvalue weighted by molar-refractivity contribution is -0.384. The predicted molar refractivity (Wildman–Crippen MR) is 105 cm³/mol. The molecular weight excluding hydrogens is 360 g/mol. The fraction of sp³-hybridized carbons (Fsp3) is 0.0952. The molecule has 0 radical (unpaired) electrons. The van der Waals surface area contributed by atoms with Gasteiger partial charge in [-0.25, -0.2) is 0 Å². The molecule has 7 nitrogen and oxygen atoms in total. The van der Waals surface area contributed by atoms with Gasteiger partial charge in [-0.1, -0.05) is 24.3 Å². The SMILES string of the molecule is COc1ccc(C(=O)Nc2cccc([N+](=O)[O-])c2)cc1COc1ccccc1. The van der Waals surface area contributed by atoms with Crippen molar-refractivity contribution in [3.63, 3.8) is 0 Å². The number of rotatable bonds is 7. The van der Waals surface area contributed by atoms with Crippen molar-refractivity contribution in [1.29, 1.82) is 0 Å². The van der Waals surface area contributed by atoms with E-state index in [1.165, 1.54) is 18.2 Å². The van der Waals surface area contributed by atoms with Crippen LogP contribution in [-0.2, 0) is 6.61 Å². The van der Waals surface area contributed by atoms with Crippen molar-refractivity contribution in [2.24, 2.45) is 0 Å². The van der Waals surface area contributed by atoms with Crippen LogP contribution in [0.25, 0.3) is 0 Å². The van der Waals surface area contributed by atoms with E-state index >= 15 is 0 Å². The van der Waals surface area contributed by atoms with Crippen molar-refractivity contribution >= 4 is 17.3 Å². The molecule has 0 spiro atoms. The van der Waals surface area contributed by atoms with Gasteiger partial charge >= 0.3 is 0 Å². The van der Waals surface area contributed by atoms with Crippen LogP contribution >= 0.6 is 0 Å². The van der Waals surface area contributed by atoms with Gasteiger partial charge in [0.1, 0.15) is 18.1 Å². The number of carbonyl (C=O) groups is 1. The van der Waals surface area contributed by atoms with Gasteiger partial charge in [-0.05, 0) is 36.4 Å². The van der Waals surface area contributed by atoms with E-state index in [0.29, 0.717) is 28.3 Å². The molecule has 0 unspecified atom stereocenters. The van der Waals surface area contributed by atoms with E-state index in [-0.39, 0.29) is 18.2 Å². The Hall–Kier alpha value is -3.87. The maximum atomic E-state index is 12.6. The lowest BCUT2D eigenvalue weighted by Crippen LogP contribution is -2.13. The van der Waals surface area contributed by atoms with Crippen LogP contribution in [0.1, 0.15) is 15.9 Å². The third-order valence-electron chi connectivity index (χ3n) is 3.99. The summed E-state index contributed by atoms with van der Waals surface area (Å²) in [6.07, 6.45) is 0. The fourth-order valence-corrected chi connectivity index (χ4v) is 2.61. The molecule has 0 aromatic heterocycles. The van der Waals surface area contributed by atoms with Crippen molar-refractivity contribution in [1.82, 2.24) is 0 Å². The van der Waals surface area contributed by atoms with Crippen LogP contribution < -0.4 is 14.8 Å². The summed E-state index contributed by atoms with van der Waals surface area (Å²) in [6, 6.07) is 20.1. The number of nitro benzene ring substituents is 1. The average molecular weight is 378 g/mol. The van der Waals surface area contributed by atoms with Gasteiger partial charge in [-0.3, -0.25) is 14.9 Å². The number of non-ortho nitro benzene ring substituents is 1. The number of para-hydroxylation sites is 1. The van der Waals surface area contributed by atoms with Crippen LogP contribution in [0.3, 0.4) is 0 Å². The van der Waals surface area contributed by atoms with Crippen LogP contribution in [0.5, 0.6) is 11.5 Å². The van der Waals surface area contributed by atoms with Crippen molar-refractivity contribution in [2.75, 3.05) is 12.4 Å². The molecule has 3 aromatic rings. The lowest BCUT2D eigenvalue weighted by Gasteiger charge is -2.12. The lowest BCUT2D eigenvalue weighted by atomic mass is 10.1. The van der Waals surface area contributed by atoms with Gasteiger partial charge in [0.25, 0.3) is 11.6 Å². The summed E-state index contributed by atoms with van der Waals surface area (Å²) in [7, 11) is 1.55. The summed E-state index contributed by atoms with van der Waals surface area (Å²) in [5.41, 5.74) is 1.35. The highest BCUT2D eigenvalue weighted by molar-refractivity contribution is 6.04. The Morgan fingerprint density at radius 1 is 1.04 bits per heavy atom. The molecular formula is C21H18N2O5. The minimum atomic E-state index is -0.512. The van der Waals surface area contributed by atoms with Gasteiger partial charge in [0.05, 0.1) is 12.0 Å². The van der Waals surface area contributed by atoms with Gasteiger partial charge in [-0.2, -0.15) is 0 Å². The molecule has 0 aliphatic carbocycles. The first-order chi connectivity index (χ1) is 13.6. The van der Waals surface area contributed by atoms with Gasteiger partial charge in [0.15, 0.2) is 0 Å². The van der Waals surface area contributed by atoms with Gasteiger partial charge in [0.2, 0.25) is 0 Å². The molecule has 0 saturated carbocycles. The number of nitrogens with zero attached hydrogens (tertiary/aromatic N) is 1. The van der Waals surface area contributed by atoms with Crippen LogP contribution in [0, 0.1) is 10.1 Å². The number of hydrogen-bond donors (Lipinski definition) is 1. The average Bonchev–Trinajstić information content (AvgIpc) is 2.73. The summed E-state index contributed by atoms with van der Waals surface area (Å²) in [4.78, 5) is 22.9. The number of nitro groups is 1. The van der Waals surface area contributed by atoms with E-state index in [2.05, 4.69) is 5.32 Å². The Kier molecular flexibility index (Phi) is 5.86. The molecule has 0 heterocycles. The van der Waals surface area contributed by atoms with E-state index in [9.17, 15) is 14.9 Å². The molecule has 1 N–H and O–H groups in total. The normalized spacial score (nSPS) is 10.2. The van der Waals surface area contributed by atoms with E-state index in [4.69, 9.17) is 9.47 Å². The van der Waals surface area contributed by atoms with Gasteiger partial charge in [0, 0.05) is 28.9 Å². The van der Waals surface area contributed by atoms with Crippen LogP contribution in [0.15, 0.2) is 72.8 Å². The van der Waals surface area contributed by atoms with Crippen LogP contribution in [-0.4, -0.2) is 17.9 Å². The fourth-order valence-electron chi connectivity index (χ4n) is 2.61. The first kappa shape index (κ1) is 18.9. The molecule has 3 rings (SSSR count). The summed E-state index contributed by atoms with van der Waals surface area (Å²) < 4.78 is 11.1. The zero-order valence-electron chi connectivity index (χ0n) is 15.1. The Morgan fingerprint density at radius 3 is 2.54 bits per heavy atom. The molecule has 0 saturated heterocycles. The topological polar surface area (TPSA) is 90.7 Å². The molecule has 0 aliphatic rings. The first-order valence-electron chi connectivity index (χ1n) is 8.47. The standard InChI is InChI=1S/C21H18N2O5/c1-27-20-11-10-15(12-16(20)14-28-19-8-3-2-4-9-19)21(24)22-17-6-5-7-18(13-17)23(25)26/h2-13H,14H2,1H3,(H,22,24). The Morgan fingerprint density at radius 2 is 1.82 bits per heavy atom. The molecule has 1 amide bonds. The smallest absolute Gasteiger partial charge is 0.271 e. The minimum absolute atomic E-state index is 0.0931. The minimum Gasteiger partial charge on any atom is -0.496 e. The van der Waals surface area contributed by atoms with E-state index < -0.39 is 4.92 Å². The van der Waals surface area contributed by atoms with Crippen LogP contribution in [0.2, 0.25) is 0 Å². The Bertz CT molecular complexity index is 989. The summed E-state index contributed by atoms with van der Waals surface area (Å²) >= 11 is 0. The van der Waals surface area contributed by atoms with Crippen molar-refractivity contribution < 1.29 is 19.2 Å². The molecule has 28 heavy (non-hydrogen) atoms. The highest BCUT2D eigenvalue weighted by Gasteiger charge is 2.13. The highest BCUT2D eigenvalue weighted by atomic mass is 16.6. The number of anilines is 1. The Balaban J connectivity index is 1.77. The molecule has 0 aliphatic heterocycles.